The lowest BCUT2D eigenvalue weighted by Crippen LogP contribution is -2.41. The SMILES string of the molecule is C[C@@]12OC(c3ccc(Cl)cc3)O[C@@H]1[C@@H](COC(=O)c1ccccc1)O[C@H]2c1ccc2c(=O)[nH]c(N)nn12. The number of fused-ring (bicyclic) bond motifs is 2. The van der Waals surface area contributed by atoms with Crippen LogP contribution in [0.1, 0.15) is 40.9 Å². The molecule has 0 saturated carbocycles. The number of nitrogen functional groups attached to an aromatic ring is 1. The minimum atomic E-state index is -1.01. The molecule has 1 unspecified atom stereocenters. The number of nitrogens with zero attached hydrogens (tertiary/aromatic N) is 2. The van der Waals surface area contributed by atoms with Gasteiger partial charge in [-0.25, -0.2) is 9.31 Å². The zero-order valence-electron chi connectivity index (χ0n) is 19.7. The maximum Gasteiger partial charge on any atom is 0.338 e. The summed E-state index contributed by atoms with van der Waals surface area (Å²) in [6, 6.07) is 19.2. The van der Waals surface area contributed by atoms with Gasteiger partial charge in [-0.2, -0.15) is 0 Å². The Labute approximate surface area is 215 Å². The molecule has 0 bridgehead atoms. The Morgan fingerprint density at radius 3 is 2.65 bits per heavy atom. The first-order valence-corrected chi connectivity index (χ1v) is 12.0. The number of anilines is 1. The van der Waals surface area contributed by atoms with Crippen molar-refractivity contribution in [1.82, 2.24) is 14.6 Å². The quantitative estimate of drug-likeness (QED) is 0.381. The molecule has 2 aliphatic rings. The van der Waals surface area contributed by atoms with Gasteiger partial charge in [-0.05, 0) is 43.3 Å². The van der Waals surface area contributed by atoms with E-state index >= 15 is 0 Å². The van der Waals surface area contributed by atoms with Crippen LogP contribution in [0.2, 0.25) is 5.02 Å². The second-order valence-corrected chi connectivity index (χ2v) is 9.59. The molecule has 2 aromatic heterocycles. The van der Waals surface area contributed by atoms with Crippen molar-refractivity contribution < 1.29 is 23.7 Å². The van der Waals surface area contributed by atoms with Gasteiger partial charge < -0.3 is 24.7 Å². The summed E-state index contributed by atoms with van der Waals surface area (Å²) in [4.78, 5) is 27.5. The molecule has 10 nitrogen and oxygen atoms in total. The van der Waals surface area contributed by atoms with E-state index in [1.807, 2.05) is 25.1 Å². The highest BCUT2D eigenvalue weighted by Gasteiger charge is 2.62. The fourth-order valence-corrected chi connectivity index (χ4v) is 5.08. The molecule has 0 radical (unpaired) electrons. The number of nitrogens with one attached hydrogen (secondary N) is 1. The van der Waals surface area contributed by atoms with E-state index in [1.165, 1.54) is 4.52 Å². The van der Waals surface area contributed by atoms with Crippen molar-refractivity contribution >= 4 is 29.0 Å². The van der Waals surface area contributed by atoms with Gasteiger partial charge in [0.25, 0.3) is 5.56 Å². The van der Waals surface area contributed by atoms with Crippen LogP contribution >= 0.6 is 11.6 Å². The Bertz CT molecular complexity index is 1520. The predicted molar refractivity (Wildman–Crippen MR) is 133 cm³/mol. The second kappa shape index (κ2) is 9.00. The van der Waals surface area contributed by atoms with Crippen molar-refractivity contribution in [3.05, 3.63) is 98.9 Å². The molecule has 6 rings (SSSR count). The van der Waals surface area contributed by atoms with Crippen LogP contribution in [0.5, 0.6) is 0 Å². The summed E-state index contributed by atoms with van der Waals surface area (Å²) in [5, 5.41) is 4.87. The number of hydrogen-bond donors (Lipinski definition) is 2. The van der Waals surface area contributed by atoms with Gasteiger partial charge in [-0.15, -0.1) is 5.10 Å². The Kier molecular flexibility index (Phi) is 5.76. The average Bonchev–Trinajstić information content (AvgIpc) is 3.53. The van der Waals surface area contributed by atoms with E-state index in [1.54, 1.807) is 48.5 Å². The van der Waals surface area contributed by atoms with E-state index < -0.39 is 36.2 Å². The Hall–Kier alpha value is -3.70. The van der Waals surface area contributed by atoms with Gasteiger partial charge in [0.1, 0.15) is 36.0 Å². The average molecular weight is 523 g/mol. The lowest BCUT2D eigenvalue weighted by atomic mass is 9.91. The summed E-state index contributed by atoms with van der Waals surface area (Å²) < 4.78 is 26.3. The first kappa shape index (κ1) is 23.7. The number of esters is 1. The third-order valence-corrected chi connectivity index (χ3v) is 6.98. The number of carbonyl (C=O) groups excluding carboxylic acids is 1. The molecule has 3 N–H and O–H groups in total. The summed E-state index contributed by atoms with van der Waals surface area (Å²) in [5.41, 5.74) is 6.48. The number of ether oxygens (including phenoxy) is 4. The summed E-state index contributed by atoms with van der Waals surface area (Å²) in [6.45, 7) is 1.80. The third kappa shape index (κ3) is 4.08. The molecule has 5 atom stereocenters. The number of H-pyrrole nitrogens is 1. The van der Waals surface area contributed by atoms with Crippen LogP contribution < -0.4 is 11.3 Å². The molecule has 37 heavy (non-hydrogen) atoms. The fourth-order valence-electron chi connectivity index (χ4n) is 4.95. The maximum atomic E-state index is 12.6. The lowest BCUT2D eigenvalue weighted by molar-refractivity contribution is -0.158. The third-order valence-electron chi connectivity index (χ3n) is 6.73. The smallest absolute Gasteiger partial charge is 0.338 e. The van der Waals surface area contributed by atoms with Crippen LogP contribution in [0, 0.1) is 0 Å². The van der Waals surface area contributed by atoms with Crippen molar-refractivity contribution in [3.8, 4) is 0 Å². The molecule has 190 valence electrons. The fraction of sp³-hybridized carbons (Fsp3) is 0.269. The first-order valence-electron chi connectivity index (χ1n) is 11.7. The molecule has 0 spiro atoms. The van der Waals surface area contributed by atoms with E-state index in [0.29, 0.717) is 21.8 Å². The van der Waals surface area contributed by atoms with Crippen LogP contribution in [0.3, 0.4) is 0 Å². The van der Waals surface area contributed by atoms with Gasteiger partial charge in [-0.1, -0.05) is 41.9 Å². The molecular weight excluding hydrogens is 500 g/mol. The number of hydrogen-bond acceptors (Lipinski definition) is 8. The van der Waals surface area contributed by atoms with E-state index in [0.717, 1.165) is 5.56 Å². The van der Waals surface area contributed by atoms with Gasteiger partial charge in [0, 0.05) is 10.6 Å². The van der Waals surface area contributed by atoms with Crippen LogP contribution in [-0.4, -0.2) is 45.0 Å². The molecular formula is C26H23ClN4O6. The molecule has 2 fully saturated rings. The highest BCUT2D eigenvalue weighted by atomic mass is 35.5. The molecule has 0 amide bonds. The standard InChI is InChI=1S/C26H23ClN4O6/c1-26-20(17-11-12-18-22(32)29-25(28)30-31(17)18)35-19(13-34-23(33)14-5-3-2-4-6-14)21(26)36-24(37-26)15-7-9-16(27)10-8-15/h2-12,19-21,24H,13H2,1H3,(H3,28,29,30,32)/t19-,20+,21-,24?,26+/m1/s1. The minimum Gasteiger partial charge on any atom is -0.459 e. The van der Waals surface area contributed by atoms with Gasteiger partial charge in [0.15, 0.2) is 6.29 Å². The maximum absolute atomic E-state index is 12.6. The van der Waals surface area contributed by atoms with Crippen LogP contribution in [0.15, 0.2) is 71.5 Å². The zero-order chi connectivity index (χ0) is 25.7. The second-order valence-electron chi connectivity index (χ2n) is 9.16. The number of halogens is 1. The number of nitrogens with two attached hydrogens (primary N) is 1. The number of aromatic nitrogens is 3. The van der Waals surface area contributed by atoms with Gasteiger partial charge >= 0.3 is 5.97 Å². The predicted octanol–water partition coefficient (Wildman–Crippen LogP) is 3.43. The Morgan fingerprint density at radius 1 is 1.14 bits per heavy atom. The summed E-state index contributed by atoms with van der Waals surface area (Å²) in [5.74, 6) is -0.512. The van der Waals surface area contributed by atoms with E-state index in [4.69, 9.17) is 36.3 Å². The van der Waals surface area contributed by atoms with Gasteiger partial charge in [-0.3, -0.25) is 9.78 Å². The Morgan fingerprint density at radius 2 is 1.89 bits per heavy atom. The van der Waals surface area contributed by atoms with Crippen LogP contribution in [0.4, 0.5) is 5.95 Å². The number of benzene rings is 2. The molecule has 4 heterocycles. The summed E-state index contributed by atoms with van der Waals surface area (Å²) >= 11 is 6.06. The Balaban J connectivity index is 1.34. The van der Waals surface area contributed by atoms with E-state index in [2.05, 4.69) is 10.1 Å². The van der Waals surface area contributed by atoms with Crippen molar-refractivity contribution in [1.29, 1.82) is 0 Å². The number of carbonyl (C=O) groups is 1. The summed E-state index contributed by atoms with van der Waals surface area (Å²) in [6.07, 6.45) is -2.69. The molecule has 2 saturated heterocycles. The normalized spacial score (nSPS) is 26.9. The summed E-state index contributed by atoms with van der Waals surface area (Å²) in [7, 11) is 0. The highest BCUT2D eigenvalue weighted by molar-refractivity contribution is 6.30. The van der Waals surface area contributed by atoms with Crippen molar-refractivity contribution in [2.45, 2.75) is 37.1 Å². The highest BCUT2D eigenvalue weighted by Crippen LogP contribution is 2.53. The van der Waals surface area contributed by atoms with Crippen LogP contribution in [-0.2, 0) is 18.9 Å². The zero-order valence-corrected chi connectivity index (χ0v) is 20.4. The van der Waals surface area contributed by atoms with Crippen molar-refractivity contribution in [2.75, 3.05) is 12.3 Å². The number of rotatable bonds is 5. The monoisotopic (exact) mass is 522 g/mol. The largest absolute Gasteiger partial charge is 0.459 e. The lowest BCUT2D eigenvalue weighted by Gasteiger charge is -2.27. The van der Waals surface area contributed by atoms with Gasteiger partial charge in [0.05, 0.1) is 11.3 Å². The topological polar surface area (TPSA) is 130 Å². The molecule has 4 aromatic rings. The molecule has 2 aliphatic heterocycles. The minimum absolute atomic E-state index is 0.0365. The molecule has 0 aliphatic carbocycles. The van der Waals surface area contributed by atoms with Gasteiger partial charge in [0.2, 0.25) is 5.95 Å². The molecule has 2 aromatic carbocycles. The van der Waals surface area contributed by atoms with E-state index in [9.17, 15) is 9.59 Å². The van der Waals surface area contributed by atoms with Crippen LogP contribution in [0.25, 0.3) is 5.52 Å². The molecule has 11 heteroatoms. The van der Waals surface area contributed by atoms with E-state index in [-0.39, 0.29) is 18.1 Å². The number of aromatic amines is 1. The van der Waals surface area contributed by atoms with Crippen molar-refractivity contribution in [3.63, 3.8) is 0 Å². The van der Waals surface area contributed by atoms with Crippen molar-refractivity contribution in [2.24, 2.45) is 0 Å². The first-order chi connectivity index (χ1) is 17.8.